The molecule has 1 heterocycles. The van der Waals surface area contributed by atoms with Crippen molar-refractivity contribution in [3.05, 3.63) is 6.20 Å². The summed E-state index contributed by atoms with van der Waals surface area (Å²) >= 11 is 0. The van der Waals surface area contributed by atoms with E-state index in [0.29, 0.717) is 5.69 Å². The number of nitrogens with two attached hydrogens (primary N) is 1. The fourth-order valence-corrected chi connectivity index (χ4v) is 1.26. The second-order valence-electron chi connectivity index (χ2n) is 3.18. The Morgan fingerprint density at radius 1 is 1.64 bits per heavy atom. The van der Waals surface area contributed by atoms with Gasteiger partial charge in [-0.05, 0) is 12.8 Å². The Morgan fingerprint density at radius 3 is 3.07 bits per heavy atom. The molecule has 0 aliphatic heterocycles. The van der Waals surface area contributed by atoms with E-state index in [1.165, 1.54) is 0 Å². The molecule has 0 aliphatic rings. The minimum atomic E-state index is 0.189. The molecule has 5 heteroatoms. The molecule has 0 aromatic carbocycles. The van der Waals surface area contributed by atoms with Gasteiger partial charge in [0.25, 0.3) is 0 Å². The lowest BCUT2D eigenvalue weighted by Gasteiger charge is -2.09. The van der Waals surface area contributed by atoms with Crippen molar-refractivity contribution in [2.24, 2.45) is 0 Å². The first kappa shape index (κ1) is 10.8. The van der Waals surface area contributed by atoms with Crippen molar-refractivity contribution in [2.75, 3.05) is 24.2 Å². The molecule has 1 aromatic heterocycles. The molecule has 1 rings (SSSR count). The number of rotatable bonds is 6. The van der Waals surface area contributed by atoms with Crippen LogP contribution < -0.4 is 11.1 Å². The van der Waals surface area contributed by atoms with E-state index in [9.17, 15) is 0 Å². The van der Waals surface area contributed by atoms with Gasteiger partial charge in [0.2, 0.25) is 0 Å². The lowest BCUT2D eigenvalue weighted by atomic mass is 10.4. The Kier molecular flexibility index (Phi) is 4.25. The van der Waals surface area contributed by atoms with Gasteiger partial charge in [-0.15, -0.1) is 0 Å². The van der Waals surface area contributed by atoms with Crippen molar-refractivity contribution < 1.29 is 5.11 Å². The normalized spacial score (nSPS) is 10.4. The van der Waals surface area contributed by atoms with Crippen LogP contribution in [0, 0.1) is 0 Å². The maximum Gasteiger partial charge on any atom is 0.147 e. The number of nitrogens with zero attached hydrogens (tertiary/aromatic N) is 2. The lowest BCUT2D eigenvalue weighted by molar-refractivity contribution is 0.292. The Morgan fingerprint density at radius 2 is 2.43 bits per heavy atom. The average Bonchev–Trinajstić information content (AvgIpc) is 2.50. The minimum Gasteiger partial charge on any atom is -0.396 e. The van der Waals surface area contributed by atoms with Crippen LogP contribution in [0.25, 0.3) is 0 Å². The molecule has 0 bridgehead atoms. The van der Waals surface area contributed by atoms with Crippen molar-refractivity contribution in [3.63, 3.8) is 0 Å². The number of hydrogen-bond acceptors (Lipinski definition) is 4. The second-order valence-corrected chi connectivity index (χ2v) is 3.18. The van der Waals surface area contributed by atoms with Crippen LogP contribution in [0.1, 0.15) is 19.8 Å². The van der Waals surface area contributed by atoms with E-state index < -0.39 is 0 Å². The van der Waals surface area contributed by atoms with E-state index in [2.05, 4.69) is 17.3 Å². The SMILES string of the molecule is CCCn1ncc(N)c1NCCCO. The van der Waals surface area contributed by atoms with Gasteiger partial charge in [0.1, 0.15) is 5.82 Å². The van der Waals surface area contributed by atoms with Crippen LogP contribution in [0.2, 0.25) is 0 Å². The molecule has 0 spiro atoms. The van der Waals surface area contributed by atoms with Crippen molar-refractivity contribution in [1.82, 2.24) is 9.78 Å². The summed E-state index contributed by atoms with van der Waals surface area (Å²) in [6.45, 7) is 3.86. The Labute approximate surface area is 83.9 Å². The third-order valence-corrected chi connectivity index (χ3v) is 1.93. The summed E-state index contributed by atoms with van der Waals surface area (Å²) in [6.07, 6.45) is 3.39. The number of anilines is 2. The monoisotopic (exact) mass is 198 g/mol. The Hall–Kier alpha value is -1.23. The van der Waals surface area contributed by atoms with E-state index in [1.807, 2.05) is 4.68 Å². The van der Waals surface area contributed by atoms with Gasteiger partial charge < -0.3 is 16.2 Å². The van der Waals surface area contributed by atoms with Gasteiger partial charge in [-0.3, -0.25) is 0 Å². The van der Waals surface area contributed by atoms with E-state index in [1.54, 1.807) is 6.20 Å². The van der Waals surface area contributed by atoms with E-state index in [0.717, 1.165) is 31.7 Å². The molecule has 4 N–H and O–H groups in total. The topological polar surface area (TPSA) is 76.1 Å². The first-order valence-corrected chi connectivity index (χ1v) is 4.95. The van der Waals surface area contributed by atoms with Crippen LogP contribution in [0.15, 0.2) is 6.20 Å². The first-order valence-electron chi connectivity index (χ1n) is 4.95. The van der Waals surface area contributed by atoms with Gasteiger partial charge in [-0.1, -0.05) is 6.92 Å². The van der Waals surface area contributed by atoms with Gasteiger partial charge in [-0.2, -0.15) is 5.10 Å². The van der Waals surface area contributed by atoms with Gasteiger partial charge >= 0.3 is 0 Å². The van der Waals surface area contributed by atoms with Gasteiger partial charge in [0.15, 0.2) is 0 Å². The fourth-order valence-electron chi connectivity index (χ4n) is 1.26. The number of aliphatic hydroxyl groups excluding tert-OH is 1. The highest BCUT2D eigenvalue weighted by Gasteiger charge is 2.05. The molecule has 5 nitrogen and oxygen atoms in total. The molecule has 0 saturated heterocycles. The number of hydrogen-bond donors (Lipinski definition) is 3. The molecule has 0 saturated carbocycles. The van der Waals surface area contributed by atoms with Gasteiger partial charge in [0.05, 0.1) is 11.9 Å². The van der Waals surface area contributed by atoms with Crippen molar-refractivity contribution in [3.8, 4) is 0 Å². The quantitative estimate of drug-likeness (QED) is 0.587. The smallest absolute Gasteiger partial charge is 0.147 e. The summed E-state index contributed by atoms with van der Waals surface area (Å²) in [5, 5.41) is 16.0. The number of nitrogens with one attached hydrogen (secondary N) is 1. The number of nitrogen functional groups attached to an aromatic ring is 1. The molecule has 14 heavy (non-hydrogen) atoms. The van der Waals surface area contributed by atoms with Crippen LogP contribution in [-0.4, -0.2) is 28.0 Å². The zero-order valence-corrected chi connectivity index (χ0v) is 8.53. The summed E-state index contributed by atoms with van der Waals surface area (Å²) in [5.41, 5.74) is 6.41. The van der Waals surface area contributed by atoms with Crippen LogP contribution in [0.5, 0.6) is 0 Å². The summed E-state index contributed by atoms with van der Waals surface area (Å²) in [7, 11) is 0. The molecule has 0 amide bonds. The lowest BCUT2D eigenvalue weighted by Crippen LogP contribution is -2.11. The van der Waals surface area contributed by atoms with Crippen molar-refractivity contribution in [2.45, 2.75) is 26.3 Å². The summed E-state index contributed by atoms with van der Waals surface area (Å²) in [5.74, 6) is 0.861. The molecule has 1 aromatic rings. The van der Waals surface area contributed by atoms with Crippen LogP contribution in [0.3, 0.4) is 0 Å². The largest absolute Gasteiger partial charge is 0.396 e. The summed E-state index contributed by atoms with van der Waals surface area (Å²) in [6, 6.07) is 0. The highest BCUT2D eigenvalue weighted by Crippen LogP contribution is 2.17. The fraction of sp³-hybridized carbons (Fsp3) is 0.667. The molecular formula is C9H18N4O. The summed E-state index contributed by atoms with van der Waals surface area (Å²) in [4.78, 5) is 0. The number of aliphatic hydroxyl groups is 1. The minimum absolute atomic E-state index is 0.189. The van der Waals surface area contributed by atoms with Crippen LogP contribution in [0.4, 0.5) is 11.5 Å². The Bertz CT molecular complexity index is 272. The highest BCUT2D eigenvalue weighted by atomic mass is 16.3. The third-order valence-electron chi connectivity index (χ3n) is 1.93. The highest BCUT2D eigenvalue weighted by molar-refractivity contribution is 5.60. The zero-order chi connectivity index (χ0) is 10.4. The number of aryl methyl sites for hydroxylation is 1. The van der Waals surface area contributed by atoms with Crippen molar-refractivity contribution in [1.29, 1.82) is 0 Å². The molecule has 0 radical (unpaired) electrons. The van der Waals surface area contributed by atoms with E-state index in [4.69, 9.17) is 10.8 Å². The molecule has 0 atom stereocenters. The molecule has 80 valence electrons. The second kappa shape index (κ2) is 5.49. The van der Waals surface area contributed by atoms with Crippen LogP contribution >= 0.6 is 0 Å². The van der Waals surface area contributed by atoms with Crippen LogP contribution in [-0.2, 0) is 6.54 Å². The molecule has 0 fully saturated rings. The van der Waals surface area contributed by atoms with E-state index >= 15 is 0 Å². The molecule has 0 unspecified atom stereocenters. The maximum absolute atomic E-state index is 8.64. The van der Waals surface area contributed by atoms with Gasteiger partial charge in [0, 0.05) is 19.7 Å². The summed E-state index contributed by atoms with van der Waals surface area (Å²) < 4.78 is 1.85. The zero-order valence-electron chi connectivity index (χ0n) is 8.53. The predicted molar refractivity (Wildman–Crippen MR) is 57.1 cm³/mol. The van der Waals surface area contributed by atoms with Crippen molar-refractivity contribution >= 4 is 11.5 Å². The standard InChI is InChI=1S/C9H18N4O/c1-2-5-13-9(8(10)7-12-13)11-4-3-6-14/h7,11,14H,2-6,10H2,1H3. The molecular weight excluding hydrogens is 180 g/mol. The van der Waals surface area contributed by atoms with Gasteiger partial charge in [-0.25, -0.2) is 4.68 Å². The molecule has 0 aliphatic carbocycles. The average molecular weight is 198 g/mol. The Balaban J connectivity index is 2.57. The third kappa shape index (κ3) is 2.63. The van der Waals surface area contributed by atoms with E-state index in [-0.39, 0.29) is 6.61 Å². The maximum atomic E-state index is 8.64. The first-order chi connectivity index (χ1) is 6.79. The predicted octanol–water partition coefficient (Wildman–Crippen LogP) is 0.670. The number of aromatic nitrogens is 2.